The van der Waals surface area contributed by atoms with Crippen LogP contribution in [-0.2, 0) is 0 Å². The molecule has 3 saturated carbocycles. The van der Waals surface area contributed by atoms with Crippen molar-refractivity contribution in [2.24, 2.45) is 34.5 Å². The van der Waals surface area contributed by atoms with E-state index in [-0.39, 0.29) is 29.5 Å². The average Bonchev–Trinajstić information content (AvgIpc) is 2.92. The maximum Gasteiger partial charge on any atom is 0.0804 e. The summed E-state index contributed by atoms with van der Waals surface area (Å²) in [5, 5.41) is 29.9. The molecule has 0 unspecified atom stereocenters. The summed E-state index contributed by atoms with van der Waals surface area (Å²) in [6.45, 7) is 4.75. The van der Waals surface area contributed by atoms with Crippen LogP contribution >= 0.6 is 0 Å². The zero-order valence-electron chi connectivity index (χ0n) is 15.2. The summed E-state index contributed by atoms with van der Waals surface area (Å²) in [4.78, 5) is 0. The van der Waals surface area contributed by atoms with E-state index in [1.807, 2.05) is 0 Å². The predicted molar refractivity (Wildman–Crippen MR) is 94.3 cm³/mol. The van der Waals surface area contributed by atoms with Gasteiger partial charge in [0.1, 0.15) is 0 Å². The molecule has 8 atom stereocenters. The van der Waals surface area contributed by atoms with Gasteiger partial charge >= 0.3 is 0 Å². The number of allylic oxidation sites excluding steroid dienone is 1. The molecule has 4 aliphatic rings. The number of aliphatic hydroxyl groups is 3. The standard InChI is InChI=1S/C21H34O3/c1-20-9-7-14(23)11-13(20)3-4-15-16-5-6-18(19(24)12-22)21(16,2)10-8-17(15)20/h3,14-19,22-24H,4-12H2,1-2H3/t14-,15+,16+,17+,18-,19-,20-,21+/m0/s1. The zero-order chi connectivity index (χ0) is 17.1. The molecule has 3 heteroatoms. The van der Waals surface area contributed by atoms with Crippen LogP contribution in [0.5, 0.6) is 0 Å². The van der Waals surface area contributed by atoms with Crippen molar-refractivity contribution in [2.75, 3.05) is 6.61 Å². The SMILES string of the molecule is C[C@@]12CC[C@@H]3[C@H](CC=C4C[C@@H](O)CC[C@@]43C)[C@H]1CC[C@H]2[C@@H](O)CO. The highest BCUT2D eigenvalue weighted by Gasteiger charge is 2.59. The lowest BCUT2D eigenvalue weighted by Crippen LogP contribution is -2.51. The summed E-state index contributed by atoms with van der Waals surface area (Å²) in [5.41, 5.74) is 2.01. The molecule has 0 radical (unpaired) electrons. The van der Waals surface area contributed by atoms with Crippen LogP contribution < -0.4 is 0 Å². The Morgan fingerprint density at radius 3 is 2.67 bits per heavy atom. The Morgan fingerprint density at radius 2 is 1.92 bits per heavy atom. The van der Waals surface area contributed by atoms with Gasteiger partial charge in [0.05, 0.1) is 18.8 Å². The molecule has 0 spiro atoms. The van der Waals surface area contributed by atoms with Crippen molar-refractivity contribution in [3.05, 3.63) is 11.6 Å². The molecule has 3 nitrogen and oxygen atoms in total. The van der Waals surface area contributed by atoms with Crippen molar-refractivity contribution in [2.45, 2.75) is 77.4 Å². The molecule has 0 heterocycles. The molecule has 3 fully saturated rings. The van der Waals surface area contributed by atoms with Gasteiger partial charge in [0.25, 0.3) is 0 Å². The lowest BCUT2D eigenvalue weighted by molar-refractivity contribution is -0.0779. The summed E-state index contributed by atoms with van der Waals surface area (Å²) >= 11 is 0. The topological polar surface area (TPSA) is 60.7 Å². The molecule has 0 amide bonds. The molecule has 4 rings (SSSR count). The molecule has 24 heavy (non-hydrogen) atoms. The van der Waals surface area contributed by atoms with Crippen molar-refractivity contribution in [1.82, 2.24) is 0 Å². The lowest BCUT2D eigenvalue weighted by atomic mass is 9.47. The summed E-state index contributed by atoms with van der Waals surface area (Å²) < 4.78 is 0. The third-order valence-electron chi connectivity index (χ3n) is 8.80. The van der Waals surface area contributed by atoms with Gasteiger partial charge in [-0.05, 0) is 85.9 Å². The van der Waals surface area contributed by atoms with Crippen LogP contribution in [0.2, 0.25) is 0 Å². The van der Waals surface area contributed by atoms with Crippen LogP contribution in [0.1, 0.15) is 65.2 Å². The van der Waals surface area contributed by atoms with Crippen molar-refractivity contribution < 1.29 is 15.3 Å². The van der Waals surface area contributed by atoms with Crippen LogP contribution in [0.3, 0.4) is 0 Å². The van der Waals surface area contributed by atoms with Crippen molar-refractivity contribution >= 4 is 0 Å². The lowest BCUT2D eigenvalue weighted by Gasteiger charge is -2.58. The Morgan fingerprint density at radius 1 is 1.12 bits per heavy atom. The van der Waals surface area contributed by atoms with Crippen molar-refractivity contribution in [3.8, 4) is 0 Å². The largest absolute Gasteiger partial charge is 0.394 e. The maximum atomic E-state index is 10.3. The number of aliphatic hydroxyl groups excluding tert-OH is 3. The van der Waals surface area contributed by atoms with Crippen LogP contribution in [0, 0.1) is 34.5 Å². The van der Waals surface area contributed by atoms with Gasteiger partial charge in [-0.2, -0.15) is 0 Å². The molecule has 0 aromatic carbocycles. The Labute approximate surface area is 146 Å². The van der Waals surface area contributed by atoms with E-state index >= 15 is 0 Å². The van der Waals surface area contributed by atoms with Gasteiger partial charge in [-0.1, -0.05) is 25.5 Å². The third kappa shape index (κ3) is 2.27. The highest BCUT2D eigenvalue weighted by Crippen LogP contribution is 2.66. The molecule has 0 saturated heterocycles. The monoisotopic (exact) mass is 334 g/mol. The molecule has 0 aromatic rings. The minimum atomic E-state index is -0.549. The first-order valence-electron chi connectivity index (χ1n) is 10.1. The second-order valence-corrected chi connectivity index (χ2v) is 9.63. The van der Waals surface area contributed by atoms with Crippen LogP contribution in [0.25, 0.3) is 0 Å². The van der Waals surface area contributed by atoms with Crippen molar-refractivity contribution in [1.29, 1.82) is 0 Å². The number of hydrogen-bond donors (Lipinski definition) is 3. The second kappa shape index (κ2) is 5.82. The number of rotatable bonds is 2. The smallest absolute Gasteiger partial charge is 0.0804 e. The van der Waals surface area contributed by atoms with E-state index in [1.165, 1.54) is 24.8 Å². The second-order valence-electron chi connectivity index (χ2n) is 9.63. The van der Waals surface area contributed by atoms with E-state index in [1.54, 1.807) is 0 Å². The summed E-state index contributed by atoms with van der Waals surface area (Å²) in [5.74, 6) is 2.42. The van der Waals surface area contributed by atoms with E-state index < -0.39 is 6.10 Å². The van der Waals surface area contributed by atoms with Crippen LogP contribution in [0.15, 0.2) is 11.6 Å². The normalized spacial score (nSPS) is 52.0. The van der Waals surface area contributed by atoms with E-state index in [2.05, 4.69) is 19.9 Å². The van der Waals surface area contributed by atoms with Crippen LogP contribution in [0.4, 0.5) is 0 Å². The average molecular weight is 335 g/mol. The van der Waals surface area contributed by atoms with Gasteiger partial charge in [-0.15, -0.1) is 0 Å². The van der Waals surface area contributed by atoms with Gasteiger partial charge < -0.3 is 15.3 Å². The molecule has 3 N–H and O–H groups in total. The van der Waals surface area contributed by atoms with E-state index in [9.17, 15) is 15.3 Å². The van der Waals surface area contributed by atoms with E-state index in [4.69, 9.17) is 0 Å². The zero-order valence-corrected chi connectivity index (χ0v) is 15.2. The van der Waals surface area contributed by atoms with Gasteiger partial charge in [-0.3, -0.25) is 0 Å². The first-order valence-corrected chi connectivity index (χ1v) is 10.1. The highest BCUT2D eigenvalue weighted by atomic mass is 16.3. The van der Waals surface area contributed by atoms with Gasteiger partial charge in [0, 0.05) is 0 Å². The molecule has 0 bridgehead atoms. The molecule has 0 aromatic heterocycles. The highest BCUT2D eigenvalue weighted by molar-refractivity contribution is 5.25. The van der Waals surface area contributed by atoms with Gasteiger partial charge in [-0.25, -0.2) is 0 Å². The Kier molecular flexibility index (Phi) is 4.14. The van der Waals surface area contributed by atoms with E-state index in [0.717, 1.165) is 43.9 Å². The summed E-state index contributed by atoms with van der Waals surface area (Å²) in [6.07, 6.45) is 10.6. The molecular weight excluding hydrogens is 300 g/mol. The minimum absolute atomic E-state index is 0.0965. The maximum absolute atomic E-state index is 10.3. The quantitative estimate of drug-likeness (QED) is 0.679. The molecule has 0 aliphatic heterocycles. The van der Waals surface area contributed by atoms with Gasteiger partial charge in [0.15, 0.2) is 0 Å². The summed E-state index contributed by atoms with van der Waals surface area (Å²) in [7, 11) is 0. The van der Waals surface area contributed by atoms with Gasteiger partial charge in [0.2, 0.25) is 0 Å². The molecule has 4 aliphatic carbocycles. The fourth-order valence-corrected chi connectivity index (χ4v) is 7.44. The number of fused-ring (bicyclic) bond motifs is 5. The third-order valence-corrected chi connectivity index (χ3v) is 8.80. The first-order chi connectivity index (χ1) is 11.4. The Hall–Kier alpha value is -0.380. The minimum Gasteiger partial charge on any atom is -0.394 e. The number of hydrogen-bond acceptors (Lipinski definition) is 3. The first kappa shape index (κ1) is 17.1. The van der Waals surface area contributed by atoms with Crippen LogP contribution in [-0.4, -0.2) is 34.1 Å². The fourth-order valence-electron chi connectivity index (χ4n) is 7.44. The van der Waals surface area contributed by atoms with E-state index in [0.29, 0.717) is 5.92 Å². The molecule has 136 valence electrons. The van der Waals surface area contributed by atoms with Crippen molar-refractivity contribution in [3.63, 3.8) is 0 Å². The predicted octanol–water partition coefficient (Wildman–Crippen LogP) is 3.28. The summed E-state index contributed by atoms with van der Waals surface area (Å²) in [6, 6.07) is 0. The Balaban J connectivity index is 1.63. The molecular formula is C21H34O3. The fraction of sp³-hybridized carbons (Fsp3) is 0.905. The Bertz CT molecular complexity index is 529.